The van der Waals surface area contributed by atoms with Crippen LogP contribution in [0.3, 0.4) is 0 Å². The Balaban J connectivity index is 1.61. The molecule has 3 rings (SSSR count). The molecule has 22 heavy (non-hydrogen) atoms. The quantitative estimate of drug-likeness (QED) is 0.670. The fourth-order valence-electron chi connectivity index (χ4n) is 3.26. The first kappa shape index (κ1) is 14.8. The summed E-state index contributed by atoms with van der Waals surface area (Å²) in [6, 6.07) is 7.72. The van der Waals surface area contributed by atoms with Gasteiger partial charge < -0.3 is 4.90 Å². The summed E-state index contributed by atoms with van der Waals surface area (Å²) in [6.45, 7) is 6.19. The van der Waals surface area contributed by atoms with Crippen molar-refractivity contribution in [1.82, 2.24) is 5.43 Å². The van der Waals surface area contributed by atoms with Crippen LogP contribution in [0, 0.1) is 11.8 Å². The van der Waals surface area contributed by atoms with E-state index in [0.29, 0.717) is 11.5 Å². The molecule has 0 aliphatic heterocycles. The minimum Gasteiger partial charge on any atom is -0.372 e. The number of rotatable bonds is 5. The minimum absolute atomic E-state index is 0.135. The predicted octanol–water partition coefficient (Wildman–Crippen LogP) is 3.21. The molecule has 2 aliphatic rings. The summed E-state index contributed by atoms with van der Waals surface area (Å²) >= 11 is 0. The lowest BCUT2D eigenvalue weighted by atomic mass is 9.74. The van der Waals surface area contributed by atoms with Gasteiger partial charge in [0.25, 0.3) is 5.91 Å². The highest BCUT2D eigenvalue weighted by atomic mass is 16.2. The molecule has 4 heteroatoms. The van der Waals surface area contributed by atoms with Crippen LogP contribution < -0.4 is 10.3 Å². The Morgan fingerprint density at radius 3 is 2.64 bits per heavy atom. The molecule has 0 spiro atoms. The maximum Gasteiger partial charge on any atom is 0.271 e. The third-order valence-electron chi connectivity index (χ3n) is 4.71. The van der Waals surface area contributed by atoms with Crippen molar-refractivity contribution in [1.29, 1.82) is 0 Å². The molecule has 0 heterocycles. The summed E-state index contributed by atoms with van der Waals surface area (Å²) in [5, 5.41) is 4.29. The van der Waals surface area contributed by atoms with Crippen LogP contribution in [-0.4, -0.2) is 24.7 Å². The second-order valence-corrected chi connectivity index (χ2v) is 5.92. The topological polar surface area (TPSA) is 44.7 Å². The Morgan fingerprint density at radius 1 is 1.27 bits per heavy atom. The highest BCUT2D eigenvalue weighted by molar-refractivity contribution is 5.98. The summed E-state index contributed by atoms with van der Waals surface area (Å²) in [5.41, 5.74) is 5.59. The summed E-state index contributed by atoms with van der Waals surface area (Å²) in [6.07, 6.45) is 6.59. The monoisotopic (exact) mass is 297 g/mol. The lowest BCUT2D eigenvalue weighted by Gasteiger charge is -2.31. The van der Waals surface area contributed by atoms with Gasteiger partial charge >= 0.3 is 0 Å². The number of hydrazone groups is 1. The molecule has 0 aromatic heterocycles. The van der Waals surface area contributed by atoms with Gasteiger partial charge in [-0.05, 0) is 56.9 Å². The summed E-state index contributed by atoms with van der Waals surface area (Å²) in [7, 11) is 0. The van der Waals surface area contributed by atoms with Gasteiger partial charge in [-0.15, -0.1) is 0 Å². The predicted molar refractivity (Wildman–Crippen MR) is 90.3 cm³/mol. The second kappa shape index (κ2) is 6.34. The molecular formula is C18H23N3O. The van der Waals surface area contributed by atoms with E-state index >= 15 is 0 Å². The van der Waals surface area contributed by atoms with Crippen LogP contribution in [0.25, 0.3) is 0 Å². The Kier molecular flexibility index (Phi) is 4.27. The summed E-state index contributed by atoms with van der Waals surface area (Å²) in [4.78, 5) is 14.4. The van der Waals surface area contributed by atoms with Crippen LogP contribution in [-0.2, 0) is 0 Å². The van der Waals surface area contributed by atoms with Gasteiger partial charge in [-0.3, -0.25) is 4.79 Å². The van der Waals surface area contributed by atoms with Crippen molar-refractivity contribution in [2.24, 2.45) is 16.9 Å². The molecule has 1 saturated carbocycles. The zero-order valence-corrected chi connectivity index (χ0v) is 13.2. The standard InChI is InChI=1S/C18H23N3O/c1-3-21(4-2)15-10-8-13(9-11-15)18(22)20-19-17-12-14-6-5-7-16(14)17/h5,7-11,14,16H,3-4,6,12H2,1-2H3,(H,20,22)/b19-17-/t14-,16+/m1/s1. The van der Waals surface area contributed by atoms with Crippen LogP contribution in [0.5, 0.6) is 0 Å². The molecule has 0 unspecified atom stereocenters. The van der Waals surface area contributed by atoms with Crippen molar-refractivity contribution >= 4 is 17.3 Å². The number of hydrogen-bond acceptors (Lipinski definition) is 3. The first-order chi connectivity index (χ1) is 10.7. The first-order valence-electron chi connectivity index (χ1n) is 8.11. The zero-order valence-electron chi connectivity index (χ0n) is 13.2. The number of anilines is 1. The van der Waals surface area contributed by atoms with Crippen LogP contribution in [0.4, 0.5) is 5.69 Å². The van der Waals surface area contributed by atoms with Gasteiger partial charge in [-0.25, -0.2) is 5.43 Å². The number of nitrogens with one attached hydrogen (secondary N) is 1. The number of amides is 1. The Morgan fingerprint density at radius 2 is 2.00 bits per heavy atom. The van der Waals surface area contributed by atoms with Crippen LogP contribution >= 0.6 is 0 Å². The molecule has 0 radical (unpaired) electrons. The maximum absolute atomic E-state index is 12.2. The maximum atomic E-state index is 12.2. The average Bonchev–Trinajstić information content (AvgIpc) is 2.90. The van der Waals surface area contributed by atoms with Crippen LogP contribution in [0.15, 0.2) is 41.5 Å². The molecule has 1 N–H and O–H groups in total. The second-order valence-electron chi connectivity index (χ2n) is 5.92. The van der Waals surface area contributed by atoms with Gasteiger partial charge in [-0.1, -0.05) is 12.2 Å². The van der Waals surface area contributed by atoms with E-state index < -0.39 is 0 Å². The highest BCUT2D eigenvalue weighted by Gasteiger charge is 2.37. The molecule has 1 fully saturated rings. The third kappa shape index (κ3) is 2.78. The van der Waals surface area contributed by atoms with Crippen molar-refractivity contribution in [2.75, 3.05) is 18.0 Å². The molecule has 1 aromatic carbocycles. The largest absolute Gasteiger partial charge is 0.372 e. The van der Waals surface area contributed by atoms with Gasteiger partial charge in [0.2, 0.25) is 0 Å². The number of benzene rings is 1. The van der Waals surface area contributed by atoms with Crippen molar-refractivity contribution in [3.8, 4) is 0 Å². The number of carbonyl (C=O) groups is 1. The third-order valence-corrected chi connectivity index (χ3v) is 4.71. The summed E-state index contributed by atoms with van der Waals surface area (Å²) < 4.78 is 0. The van der Waals surface area contributed by atoms with Crippen molar-refractivity contribution in [3.05, 3.63) is 42.0 Å². The van der Waals surface area contributed by atoms with E-state index in [1.807, 2.05) is 24.3 Å². The molecule has 1 amide bonds. The molecule has 116 valence electrons. The highest BCUT2D eigenvalue weighted by Crippen LogP contribution is 2.40. The number of hydrogen-bond donors (Lipinski definition) is 1. The van der Waals surface area contributed by atoms with Gasteiger partial charge in [0.1, 0.15) is 0 Å². The van der Waals surface area contributed by atoms with Gasteiger partial charge in [-0.2, -0.15) is 5.10 Å². The van der Waals surface area contributed by atoms with E-state index in [4.69, 9.17) is 0 Å². The van der Waals surface area contributed by atoms with Gasteiger partial charge in [0, 0.05) is 36.0 Å². The van der Waals surface area contributed by atoms with E-state index in [9.17, 15) is 4.79 Å². The molecule has 1 aromatic rings. The normalized spacial score (nSPS) is 24.0. The molecule has 0 bridgehead atoms. The molecular weight excluding hydrogens is 274 g/mol. The molecule has 2 aliphatic carbocycles. The van der Waals surface area contributed by atoms with Crippen LogP contribution in [0.2, 0.25) is 0 Å². The molecule has 4 nitrogen and oxygen atoms in total. The van der Waals surface area contributed by atoms with E-state index in [0.717, 1.165) is 43.2 Å². The molecule has 0 saturated heterocycles. The SMILES string of the molecule is CCN(CC)c1ccc(C(=O)N/N=C2/C[C@H]3CC=C[C@H]23)cc1. The molecule has 2 atom stereocenters. The number of carbonyl (C=O) groups excluding carboxylic acids is 1. The lowest BCUT2D eigenvalue weighted by molar-refractivity contribution is 0.0954. The van der Waals surface area contributed by atoms with Gasteiger partial charge in [0.05, 0.1) is 0 Å². The smallest absolute Gasteiger partial charge is 0.271 e. The van der Waals surface area contributed by atoms with Gasteiger partial charge in [0.15, 0.2) is 0 Å². The Bertz CT molecular complexity index is 599. The van der Waals surface area contributed by atoms with E-state index in [1.165, 1.54) is 0 Å². The minimum atomic E-state index is -0.135. The zero-order chi connectivity index (χ0) is 15.5. The lowest BCUT2D eigenvalue weighted by Crippen LogP contribution is -2.35. The number of nitrogens with zero attached hydrogens (tertiary/aromatic N) is 2. The average molecular weight is 297 g/mol. The Hall–Kier alpha value is -2.10. The fraction of sp³-hybridized carbons (Fsp3) is 0.444. The van der Waals surface area contributed by atoms with Crippen molar-refractivity contribution in [2.45, 2.75) is 26.7 Å². The first-order valence-corrected chi connectivity index (χ1v) is 8.11. The van der Waals surface area contributed by atoms with Crippen LogP contribution in [0.1, 0.15) is 37.0 Å². The fourth-order valence-corrected chi connectivity index (χ4v) is 3.26. The number of allylic oxidation sites excluding steroid dienone is 2. The van der Waals surface area contributed by atoms with Crippen molar-refractivity contribution < 1.29 is 4.79 Å². The van der Waals surface area contributed by atoms with E-state index in [2.05, 4.69) is 41.4 Å². The Labute approximate surface area is 131 Å². The summed E-state index contributed by atoms with van der Waals surface area (Å²) in [5.74, 6) is 1.05. The number of fused-ring (bicyclic) bond motifs is 1. The van der Waals surface area contributed by atoms with E-state index in [-0.39, 0.29) is 5.91 Å². The van der Waals surface area contributed by atoms with E-state index in [1.54, 1.807) is 0 Å². The van der Waals surface area contributed by atoms with Crippen molar-refractivity contribution in [3.63, 3.8) is 0 Å².